The van der Waals surface area contributed by atoms with E-state index in [2.05, 4.69) is 15.2 Å². The molecule has 1 atom stereocenters. The normalized spacial score (nSPS) is 16.6. The highest BCUT2D eigenvalue weighted by Gasteiger charge is 2.34. The third-order valence-corrected chi connectivity index (χ3v) is 6.98. The van der Waals surface area contributed by atoms with Crippen LogP contribution < -0.4 is 10.1 Å². The predicted octanol–water partition coefficient (Wildman–Crippen LogP) is 4.15. The first kappa shape index (κ1) is 26.2. The third-order valence-electron chi connectivity index (χ3n) is 6.73. The Hall–Kier alpha value is -3.46. The number of hydrogen-bond acceptors (Lipinski definition) is 6. The molecule has 1 saturated heterocycles. The van der Waals surface area contributed by atoms with E-state index >= 15 is 0 Å². The van der Waals surface area contributed by atoms with Crippen LogP contribution in [-0.4, -0.2) is 71.5 Å². The molecular weight excluding hydrogens is 504 g/mol. The lowest BCUT2D eigenvalue weighted by Gasteiger charge is -2.36. The Bertz CT molecular complexity index is 1230. The molecule has 2 fully saturated rings. The molecule has 2 aliphatic rings. The number of piperazine rings is 1. The van der Waals surface area contributed by atoms with Gasteiger partial charge >= 0.3 is 0 Å². The average Bonchev–Trinajstić information content (AvgIpc) is 3.80. The number of carbonyl (C=O) groups excluding carboxylic acids is 2. The second kappa shape index (κ2) is 12.4. The summed E-state index contributed by atoms with van der Waals surface area (Å²) < 4.78 is 11.8. The lowest BCUT2D eigenvalue weighted by Crippen LogP contribution is -2.56. The summed E-state index contributed by atoms with van der Waals surface area (Å²) in [4.78, 5) is 35.5. The molecule has 2 aromatic carbocycles. The van der Waals surface area contributed by atoms with Crippen molar-refractivity contribution in [3.05, 3.63) is 89.1 Å². The minimum absolute atomic E-state index is 0.0515. The molecule has 3 aromatic rings. The standard InChI is InChI=1S/C29H31ClN4O4/c30-22-8-12-24(13-9-22)38-28-25(7-4-14-31-28)27(35)32-26(20-37-19-21-5-2-1-3-6-21)29(36)34-17-15-33(16-18-34)23-10-11-23/h1-9,12-14,23,26H,10-11,15-20H2,(H,32,35)/t26-/m1/s1. The van der Waals surface area contributed by atoms with E-state index in [1.165, 1.54) is 12.8 Å². The van der Waals surface area contributed by atoms with Crippen LogP contribution in [-0.2, 0) is 16.1 Å². The predicted molar refractivity (Wildman–Crippen MR) is 144 cm³/mol. The van der Waals surface area contributed by atoms with Gasteiger partial charge < -0.3 is 19.7 Å². The van der Waals surface area contributed by atoms with Crippen molar-refractivity contribution >= 4 is 23.4 Å². The minimum atomic E-state index is -0.845. The van der Waals surface area contributed by atoms with Gasteiger partial charge in [0.15, 0.2) is 0 Å². The molecule has 0 bridgehead atoms. The molecule has 1 saturated carbocycles. The average molecular weight is 535 g/mol. The van der Waals surface area contributed by atoms with Crippen LogP contribution in [0.3, 0.4) is 0 Å². The first-order chi connectivity index (χ1) is 18.6. The summed E-state index contributed by atoms with van der Waals surface area (Å²) in [5.41, 5.74) is 1.22. The van der Waals surface area contributed by atoms with E-state index in [-0.39, 0.29) is 24.0 Å². The minimum Gasteiger partial charge on any atom is -0.438 e. The number of hydrogen-bond donors (Lipinski definition) is 1. The fraction of sp³-hybridized carbons (Fsp3) is 0.345. The molecule has 1 aliphatic heterocycles. The van der Waals surface area contributed by atoms with E-state index in [0.29, 0.717) is 36.5 Å². The molecule has 8 nitrogen and oxygen atoms in total. The van der Waals surface area contributed by atoms with Gasteiger partial charge in [-0.25, -0.2) is 4.98 Å². The number of carbonyl (C=O) groups is 2. The quantitative estimate of drug-likeness (QED) is 0.421. The molecule has 0 radical (unpaired) electrons. The van der Waals surface area contributed by atoms with Crippen LogP contribution in [0.1, 0.15) is 28.8 Å². The van der Waals surface area contributed by atoms with Gasteiger partial charge in [-0.15, -0.1) is 0 Å². The monoisotopic (exact) mass is 534 g/mol. The van der Waals surface area contributed by atoms with E-state index in [9.17, 15) is 9.59 Å². The van der Waals surface area contributed by atoms with Crippen LogP contribution in [0.2, 0.25) is 5.02 Å². The number of benzene rings is 2. The summed E-state index contributed by atoms with van der Waals surface area (Å²) in [7, 11) is 0. The second-order valence-electron chi connectivity index (χ2n) is 9.53. The molecule has 2 heterocycles. The molecule has 1 aromatic heterocycles. The number of nitrogens with zero attached hydrogens (tertiary/aromatic N) is 3. The summed E-state index contributed by atoms with van der Waals surface area (Å²) in [6, 6.07) is 19.6. The van der Waals surface area contributed by atoms with Crippen LogP contribution in [0.5, 0.6) is 11.6 Å². The van der Waals surface area contributed by atoms with Crippen molar-refractivity contribution in [1.82, 2.24) is 20.1 Å². The zero-order chi connectivity index (χ0) is 26.3. The van der Waals surface area contributed by atoms with Gasteiger partial charge in [-0.1, -0.05) is 41.9 Å². The number of amides is 2. The van der Waals surface area contributed by atoms with Crippen LogP contribution in [0.25, 0.3) is 0 Å². The second-order valence-corrected chi connectivity index (χ2v) is 9.97. The number of pyridine rings is 1. The molecular formula is C29H31ClN4O4. The molecule has 1 N–H and O–H groups in total. The van der Waals surface area contributed by atoms with Crippen LogP contribution in [0.15, 0.2) is 72.9 Å². The zero-order valence-electron chi connectivity index (χ0n) is 21.1. The van der Waals surface area contributed by atoms with Gasteiger partial charge in [0.25, 0.3) is 5.91 Å². The molecule has 5 rings (SSSR count). The maximum absolute atomic E-state index is 13.6. The first-order valence-electron chi connectivity index (χ1n) is 12.9. The summed E-state index contributed by atoms with van der Waals surface area (Å²) in [6.45, 7) is 3.37. The SMILES string of the molecule is O=C(N[C@H](COCc1ccccc1)C(=O)N1CCN(C2CC2)CC1)c1cccnc1Oc1ccc(Cl)cc1. The topological polar surface area (TPSA) is 84.0 Å². The van der Waals surface area contributed by atoms with Crippen LogP contribution in [0, 0.1) is 0 Å². The maximum Gasteiger partial charge on any atom is 0.257 e. The largest absolute Gasteiger partial charge is 0.438 e. The number of nitrogens with one attached hydrogen (secondary N) is 1. The van der Waals surface area contributed by atoms with E-state index in [4.69, 9.17) is 21.1 Å². The van der Waals surface area contributed by atoms with Crippen LogP contribution >= 0.6 is 11.6 Å². The van der Waals surface area contributed by atoms with E-state index in [1.807, 2.05) is 35.2 Å². The van der Waals surface area contributed by atoms with Gasteiger partial charge in [-0.05, 0) is 54.8 Å². The molecule has 9 heteroatoms. The van der Waals surface area contributed by atoms with Crippen molar-refractivity contribution in [3.63, 3.8) is 0 Å². The van der Waals surface area contributed by atoms with Gasteiger partial charge in [0.2, 0.25) is 11.8 Å². The van der Waals surface area contributed by atoms with Gasteiger partial charge in [0.1, 0.15) is 17.4 Å². The summed E-state index contributed by atoms with van der Waals surface area (Å²) in [5, 5.41) is 3.46. The van der Waals surface area contributed by atoms with E-state index < -0.39 is 11.9 Å². The lowest BCUT2D eigenvalue weighted by molar-refractivity contribution is -0.136. The van der Waals surface area contributed by atoms with Crippen molar-refractivity contribution in [1.29, 1.82) is 0 Å². The highest BCUT2D eigenvalue weighted by atomic mass is 35.5. The van der Waals surface area contributed by atoms with Crippen molar-refractivity contribution < 1.29 is 19.1 Å². The van der Waals surface area contributed by atoms with Crippen molar-refractivity contribution in [2.24, 2.45) is 0 Å². The smallest absolute Gasteiger partial charge is 0.257 e. The Labute approximate surface area is 227 Å². The number of aromatic nitrogens is 1. The highest BCUT2D eigenvalue weighted by Crippen LogP contribution is 2.28. The zero-order valence-corrected chi connectivity index (χ0v) is 21.8. The lowest BCUT2D eigenvalue weighted by atomic mass is 10.2. The first-order valence-corrected chi connectivity index (χ1v) is 13.3. The van der Waals surface area contributed by atoms with Gasteiger partial charge in [0, 0.05) is 43.4 Å². The van der Waals surface area contributed by atoms with Gasteiger partial charge in [0.05, 0.1) is 13.2 Å². The summed E-state index contributed by atoms with van der Waals surface area (Å²) in [6.07, 6.45) is 4.03. The molecule has 0 unspecified atom stereocenters. The maximum atomic E-state index is 13.6. The number of rotatable bonds is 10. The Kier molecular flexibility index (Phi) is 8.53. The molecule has 38 heavy (non-hydrogen) atoms. The fourth-order valence-corrected chi connectivity index (χ4v) is 4.63. The summed E-state index contributed by atoms with van der Waals surface area (Å²) in [5.74, 6) is 0.0301. The third kappa shape index (κ3) is 6.89. The molecule has 198 valence electrons. The van der Waals surface area contributed by atoms with Crippen molar-refractivity contribution in [2.75, 3.05) is 32.8 Å². The van der Waals surface area contributed by atoms with Crippen molar-refractivity contribution in [2.45, 2.75) is 31.5 Å². The summed E-state index contributed by atoms with van der Waals surface area (Å²) >= 11 is 5.97. The molecule has 1 aliphatic carbocycles. The van der Waals surface area contributed by atoms with E-state index in [0.717, 1.165) is 18.7 Å². The van der Waals surface area contributed by atoms with E-state index in [1.54, 1.807) is 42.6 Å². The number of ether oxygens (including phenoxy) is 2. The van der Waals surface area contributed by atoms with Crippen LogP contribution in [0.4, 0.5) is 0 Å². The van der Waals surface area contributed by atoms with Gasteiger partial charge in [-0.2, -0.15) is 0 Å². The molecule has 0 spiro atoms. The Morgan fingerprint density at radius 2 is 1.71 bits per heavy atom. The Morgan fingerprint density at radius 1 is 0.974 bits per heavy atom. The molecule has 2 amide bonds. The van der Waals surface area contributed by atoms with Gasteiger partial charge in [-0.3, -0.25) is 14.5 Å². The fourth-order valence-electron chi connectivity index (χ4n) is 4.51. The Balaban J connectivity index is 1.28. The Morgan fingerprint density at radius 3 is 2.42 bits per heavy atom. The number of halogens is 1. The van der Waals surface area contributed by atoms with Crippen molar-refractivity contribution in [3.8, 4) is 11.6 Å². The highest BCUT2D eigenvalue weighted by molar-refractivity contribution is 6.30.